The van der Waals surface area contributed by atoms with Gasteiger partial charge in [0.15, 0.2) is 5.78 Å². The van der Waals surface area contributed by atoms with Crippen molar-refractivity contribution < 1.29 is 19.5 Å². The van der Waals surface area contributed by atoms with Crippen LogP contribution in [-0.4, -0.2) is 63.7 Å². The van der Waals surface area contributed by atoms with E-state index in [0.29, 0.717) is 13.0 Å². The lowest BCUT2D eigenvalue weighted by molar-refractivity contribution is -0.141. The monoisotopic (exact) mass is 348 g/mol. The highest BCUT2D eigenvalue weighted by atomic mass is 79.9. The average Bonchev–Trinajstić information content (AvgIpc) is 2.86. The molecule has 0 aromatic carbocycles. The number of ketones is 1. The van der Waals surface area contributed by atoms with E-state index in [0.717, 1.165) is 11.3 Å². The normalized spacial score (nSPS) is 20.1. The van der Waals surface area contributed by atoms with Crippen molar-refractivity contribution in [1.29, 1.82) is 0 Å². The Labute approximate surface area is 127 Å². The van der Waals surface area contributed by atoms with Gasteiger partial charge in [-0.05, 0) is 18.8 Å². The summed E-state index contributed by atoms with van der Waals surface area (Å²) in [6.07, 6.45) is 0.286. The summed E-state index contributed by atoms with van der Waals surface area (Å²) in [6.45, 7) is 4.12. The maximum absolute atomic E-state index is 12.6. The molecule has 0 aliphatic carbocycles. The lowest BCUT2D eigenvalue weighted by Crippen LogP contribution is -2.54. The maximum Gasteiger partial charge on any atom is 0.407 e. The summed E-state index contributed by atoms with van der Waals surface area (Å²) in [4.78, 5) is 38.2. The number of amides is 2. The highest BCUT2D eigenvalue weighted by molar-refractivity contribution is 9.09. The van der Waals surface area contributed by atoms with E-state index in [-0.39, 0.29) is 22.9 Å². The summed E-state index contributed by atoms with van der Waals surface area (Å²) in [5.74, 6) is -0.457. The topological polar surface area (TPSA) is 77.9 Å². The quantitative estimate of drug-likeness (QED) is 0.765. The van der Waals surface area contributed by atoms with E-state index in [1.54, 1.807) is 13.8 Å². The third-order valence-corrected chi connectivity index (χ3v) is 4.20. The van der Waals surface area contributed by atoms with Gasteiger partial charge in [-0.15, -0.1) is 0 Å². The zero-order valence-electron chi connectivity index (χ0n) is 12.0. The Bertz CT molecular complexity index is 400. The number of rotatable bonds is 5. The highest BCUT2D eigenvalue weighted by Crippen LogP contribution is 2.23. The molecule has 6 nitrogen and oxygen atoms in total. The lowest BCUT2D eigenvalue weighted by atomic mass is 10.0. The number of Topliss-reactive ketones (excluding diaryl/α,β-unsaturated/α-hetero) is 1. The molecule has 20 heavy (non-hydrogen) atoms. The second-order valence-electron chi connectivity index (χ2n) is 5.37. The molecule has 1 rings (SSSR count). The predicted molar refractivity (Wildman–Crippen MR) is 77.9 cm³/mol. The van der Waals surface area contributed by atoms with Crippen molar-refractivity contribution >= 4 is 33.7 Å². The van der Waals surface area contributed by atoms with Crippen LogP contribution in [0.4, 0.5) is 4.79 Å². The lowest BCUT2D eigenvalue weighted by Gasteiger charge is -2.33. The Morgan fingerprint density at radius 1 is 1.40 bits per heavy atom. The maximum atomic E-state index is 12.6. The molecular weight excluding hydrogens is 328 g/mol. The fourth-order valence-corrected chi connectivity index (χ4v) is 3.01. The van der Waals surface area contributed by atoms with Crippen molar-refractivity contribution in [3.8, 4) is 0 Å². The molecule has 1 heterocycles. The molecule has 2 amide bonds. The van der Waals surface area contributed by atoms with Gasteiger partial charge in [-0.1, -0.05) is 29.8 Å². The fourth-order valence-electron chi connectivity index (χ4n) is 2.64. The first kappa shape index (κ1) is 16.9. The molecule has 7 heteroatoms. The van der Waals surface area contributed by atoms with E-state index in [9.17, 15) is 14.4 Å². The number of halogens is 1. The third kappa shape index (κ3) is 3.50. The third-order valence-electron chi connectivity index (χ3n) is 3.64. The van der Waals surface area contributed by atoms with Gasteiger partial charge in [0.25, 0.3) is 0 Å². The van der Waals surface area contributed by atoms with E-state index in [4.69, 9.17) is 5.11 Å². The first-order chi connectivity index (χ1) is 9.31. The van der Waals surface area contributed by atoms with Crippen molar-refractivity contribution in [2.45, 2.75) is 38.8 Å². The van der Waals surface area contributed by atoms with Crippen LogP contribution in [0.3, 0.4) is 0 Å². The van der Waals surface area contributed by atoms with Crippen LogP contribution in [0.1, 0.15) is 26.7 Å². The number of carbonyl (C=O) groups excluding carboxylic acids is 2. The van der Waals surface area contributed by atoms with Crippen molar-refractivity contribution in [2.75, 3.05) is 18.9 Å². The number of carbonyl (C=O) groups is 3. The summed E-state index contributed by atoms with van der Waals surface area (Å²) < 4.78 is 0. The van der Waals surface area contributed by atoms with Crippen molar-refractivity contribution in [3.05, 3.63) is 0 Å². The number of nitrogens with zero attached hydrogens (tertiary/aromatic N) is 2. The average molecular weight is 349 g/mol. The van der Waals surface area contributed by atoms with Gasteiger partial charge in [0.05, 0.1) is 11.4 Å². The summed E-state index contributed by atoms with van der Waals surface area (Å²) in [7, 11) is 1.39. The first-order valence-corrected chi connectivity index (χ1v) is 7.78. The Morgan fingerprint density at radius 3 is 2.45 bits per heavy atom. The van der Waals surface area contributed by atoms with E-state index in [2.05, 4.69) is 15.9 Å². The molecule has 1 aliphatic heterocycles. The second-order valence-corrected chi connectivity index (χ2v) is 5.93. The van der Waals surface area contributed by atoms with Crippen LogP contribution in [0.25, 0.3) is 0 Å². The van der Waals surface area contributed by atoms with E-state index >= 15 is 0 Å². The minimum Gasteiger partial charge on any atom is -0.465 e. The smallest absolute Gasteiger partial charge is 0.407 e. The molecule has 0 aromatic rings. The number of hydrogen-bond acceptors (Lipinski definition) is 3. The molecule has 0 saturated carbocycles. The molecule has 0 bridgehead atoms. The van der Waals surface area contributed by atoms with E-state index in [1.165, 1.54) is 11.9 Å². The first-order valence-electron chi connectivity index (χ1n) is 6.66. The zero-order valence-corrected chi connectivity index (χ0v) is 13.6. The van der Waals surface area contributed by atoms with Crippen LogP contribution in [0.15, 0.2) is 0 Å². The number of likely N-dealkylation sites (tertiary alicyclic amines) is 1. The van der Waals surface area contributed by atoms with Gasteiger partial charge in [-0.3, -0.25) is 14.5 Å². The molecule has 1 aliphatic rings. The van der Waals surface area contributed by atoms with Crippen molar-refractivity contribution in [2.24, 2.45) is 5.92 Å². The van der Waals surface area contributed by atoms with Crippen molar-refractivity contribution in [1.82, 2.24) is 9.80 Å². The van der Waals surface area contributed by atoms with E-state index in [1.807, 2.05) is 0 Å². The van der Waals surface area contributed by atoms with Gasteiger partial charge in [-0.2, -0.15) is 0 Å². The number of likely N-dealkylation sites (N-methyl/N-ethyl adjacent to an activating group) is 1. The van der Waals surface area contributed by atoms with Crippen molar-refractivity contribution in [3.63, 3.8) is 0 Å². The minimum atomic E-state index is -1.14. The standard InChI is InChI=1S/C13H21BrN2O4/c1-8(2)11(15(3)13(19)20)12(18)16-6-4-5-9(16)10(17)7-14/h8-9,11H,4-7H2,1-3H3,(H,19,20)/t9-,11-/m0/s1. The molecule has 0 spiro atoms. The van der Waals surface area contributed by atoms with Crippen LogP contribution < -0.4 is 0 Å². The minimum absolute atomic E-state index is 0.0312. The fraction of sp³-hybridized carbons (Fsp3) is 0.769. The largest absolute Gasteiger partial charge is 0.465 e. The zero-order chi connectivity index (χ0) is 15.4. The van der Waals surface area contributed by atoms with Crippen LogP contribution in [0, 0.1) is 5.92 Å². The van der Waals surface area contributed by atoms with Gasteiger partial charge in [-0.25, -0.2) is 4.79 Å². The number of carboxylic acid groups (broad SMARTS) is 1. The Kier molecular flexibility index (Phi) is 5.98. The highest BCUT2D eigenvalue weighted by Gasteiger charge is 2.39. The summed E-state index contributed by atoms with van der Waals surface area (Å²) in [5.41, 5.74) is 0. The Morgan fingerprint density at radius 2 is 2.00 bits per heavy atom. The SMILES string of the molecule is CC(C)[C@@H](C(=O)N1CCC[C@H]1C(=O)CBr)N(C)C(=O)O. The molecular formula is C13H21BrN2O4. The predicted octanol–water partition coefficient (Wildman–Crippen LogP) is 1.58. The Balaban J connectivity index is 2.94. The van der Waals surface area contributed by atoms with Gasteiger partial charge in [0, 0.05) is 13.6 Å². The molecule has 1 fully saturated rings. The molecule has 0 unspecified atom stereocenters. The van der Waals surface area contributed by atoms with Gasteiger partial charge < -0.3 is 10.0 Å². The van der Waals surface area contributed by atoms with Gasteiger partial charge in [0.2, 0.25) is 5.91 Å². The Hall–Kier alpha value is -1.11. The molecule has 0 aromatic heterocycles. The molecule has 114 valence electrons. The van der Waals surface area contributed by atoms with Gasteiger partial charge >= 0.3 is 6.09 Å². The summed E-state index contributed by atoms with van der Waals surface area (Å²) in [6, 6.07) is -1.18. The van der Waals surface area contributed by atoms with Gasteiger partial charge in [0.1, 0.15) is 6.04 Å². The van der Waals surface area contributed by atoms with Crippen LogP contribution in [0.2, 0.25) is 0 Å². The van der Waals surface area contributed by atoms with E-state index < -0.39 is 18.2 Å². The molecule has 1 saturated heterocycles. The van der Waals surface area contributed by atoms with Crippen LogP contribution >= 0.6 is 15.9 Å². The second kappa shape index (κ2) is 7.06. The molecule has 2 atom stereocenters. The van der Waals surface area contributed by atoms with Crippen LogP contribution in [0.5, 0.6) is 0 Å². The number of hydrogen-bond donors (Lipinski definition) is 1. The summed E-state index contributed by atoms with van der Waals surface area (Å²) in [5, 5.41) is 9.31. The number of alkyl halides is 1. The molecule has 0 radical (unpaired) electrons. The van der Waals surface area contributed by atoms with Crippen LogP contribution in [-0.2, 0) is 9.59 Å². The molecule has 1 N–H and O–H groups in total. The summed E-state index contributed by atoms with van der Waals surface area (Å²) >= 11 is 3.13.